The first-order valence-electron chi connectivity index (χ1n) is 6.42. The maximum atomic E-state index is 12.3. The first kappa shape index (κ1) is 14.6. The van der Waals surface area contributed by atoms with Gasteiger partial charge in [-0.3, -0.25) is 4.79 Å². The van der Waals surface area contributed by atoms with Gasteiger partial charge in [-0.1, -0.05) is 30.3 Å². The Hall–Kier alpha value is -1.30. The van der Waals surface area contributed by atoms with Gasteiger partial charge in [0.25, 0.3) is 0 Å². The third kappa shape index (κ3) is 3.31. The molecule has 0 spiro atoms. The highest BCUT2D eigenvalue weighted by Crippen LogP contribution is 2.29. The lowest BCUT2D eigenvalue weighted by atomic mass is 10.2. The lowest BCUT2D eigenvalue weighted by Crippen LogP contribution is -2.00. The van der Waals surface area contributed by atoms with Crippen molar-refractivity contribution in [3.05, 3.63) is 61.0 Å². The van der Waals surface area contributed by atoms with E-state index in [-0.39, 0.29) is 5.78 Å². The normalized spacial score (nSPS) is 10.8. The van der Waals surface area contributed by atoms with E-state index in [9.17, 15) is 4.79 Å². The van der Waals surface area contributed by atoms with Crippen molar-refractivity contribution in [1.82, 2.24) is 4.98 Å². The van der Waals surface area contributed by atoms with Crippen LogP contribution in [0.1, 0.15) is 20.2 Å². The molecule has 0 unspecified atom stereocenters. The summed E-state index contributed by atoms with van der Waals surface area (Å²) in [5, 5.41) is 2.87. The van der Waals surface area contributed by atoms with Crippen LogP contribution in [0.4, 0.5) is 0 Å². The van der Waals surface area contributed by atoms with E-state index in [1.807, 2.05) is 48.7 Å². The Morgan fingerprint density at radius 2 is 2.05 bits per heavy atom. The van der Waals surface area contributed by atoms with Crippen LogP contribution in [0.25, 0.3) is 11.3 Å². The molecule has 0 bridgehead atoms. The summed E-state index contributed by atoms with van der Waals surface area (Å²) in [6, 6.07) is 12.0. The predicted octanol–water partition coefficient (Wildman–Crippen LogP) is 5.37. The fraction of sp³-hybridized carbons (Fsp3) is 0.125. The molecule has 0 amide bonds. The summed E-state index contributed by atoms with van der Waals surface area (Å²) in [6.45, 7) is 1.99. The monoisotopic (exact) mass is 377 g/mol. The molecule has 0 radical (unpaired) electrons. The van der Waals surface area contributed by atoms with E-state index in [2.05, 4.69) is 20.9 Å². The number of aryl methyl sites for hydroxylation is 1. The fourth-order valence-corrected chi connectivity index (χ4v) is 4.23. The molecule has 21 heavy (non-hydrogen) atoms. The molecular formula is C16H12BrNOS2. The molecule has 0 aliphatic heterocycles. The van der Waals surface area contributed by atoms with Crippen molar-refractivity contribution in [1.29, 1.82) is 0 Å². The van der Waals surface area contributed by atoms with Gasteiger partial charge >= 0.3 is 0 Å². The first-order chi connectivity index (χ1) is 10.1. The summed E-state index contributed by atoms with van der Waals surface area (Å²) in [7, 11) is 0. The highest BCUT2D eigenvalue weighted by Gasteiger charge is 2.14. The number of nitrogens with zero attached hydrogens (tertiary/aromatic N) is 1. The van der Waals surface area contributed by atoms with Gasteiger partial charge in [-0.15, -0.1) is 22.7 Å². The van der Waals surface area contributed by atoms with Gasteiger partial charge in [0.1, 0.15) is 5.01 Å². The summed E-state index contributed by atoms with van der Waals surface area (Å²) in [5.41, 5.74) is 3.13. The Balaban J connectivity index is 1.77. The Bertz CT molecular complexity index is 757. The van der Waals surface area contributed by atoms with Gasteiger partial charge in [0, 0.05) is 10.9 Å². The van der Waals surface area contributed by atoms with E-state index >= 15 is 0 Å². The minimum atomic E-state index is 0.128. The van der Waals surface area contributed by atoms with Crippen LogP contribution in [0.5, 0.6) is 0 Å². The zero-order valence-electron chi connectivity index (χ0n) is 11.3. The van der Waals surface area contributed by atoms with Crippen molar-refractivity contribution < 1.29 is 4.79 Å². The molecule has 5 heteroatoms. The molecule has 0 aliphatic carbocycles. The topological polar surface area (TPSA) is 30.0 Å². The number of benzene rings is 1. The maximum Gasteiger partial charge on any atom is 0.179 e. The number of rotatable bonds is 4. The summed E-state index contributed by atoms with van der Waals surface area (Å²) >= 11 is 6.49. The van der Waals surface area contributed by atoms with Crippen molar-refractivity contribution in [2.24, 2.45) is 0 Å². The molecule has 2 heterocycles. The largest absolute Gasteiger partial charge is 0.293 e. The van der Waals surface area contributed by atoms with E-state index in [1.54, 1.807) is 0 Å². The van der Waals surface area contributed by atoms with E-state index in [0.717, 1.165) is 30.5 Å². The van der Waals surface area contributed by atoms with Gasteiger partial charge in [0.15, 0.2) is 5.78 Å². The molecule has 2 nitrogen and oxygen atoms in total. The number of aromatic nitrogens is 1. The van der Waals surface area contributed by atoms with E-state index in [4.69, 9.17) is 0 Å². The van der Waals surface area contributed by atoms with Gasteiger partial charge in [0.2, 0.25) is 0 Å². The summed E-state index contributed by atoms with van der Waals surface area (Å²) in [6.07, 6.45) is 0.365. The van der Waals surface area contributed by atoms with Crippen molar-refractivity contribution in [2.75, 3.05) is 0 Å². The molecule has 0 saturated heterocycles. The van der Waals surface area contributed by atoms with Crippen molar-refractivity contribution in [3.63, 3.8) is 0 Å². The number of thiazole rings is 1. The standard InChI is InChI=1S/C16H12BrNOS2/c1-10-7-14(21-16(10)17)13(19)8-15-18-12(9-20-15)11-5-3-2-4-6-11/h2-7,9H,8H2,1H3. The van der Waals surface area contributed by atoms with Gasteiger partial charge in [-0.2, -0.15) is 0 Å². The lowest BCUT2D eigenvalue weighted by Gasteiger charge is -1.95. The third-order valence-corrected chi connectivity index (χ3v) is 6.09. The number of halogens is 1. The summed E-state index contributed by atoms with van der Waals surface area (Å²) < 4.78 is 1.02. The van der Waals surface area contributed by atoms with Gasteiger partial charge in [-0.05, 0) is 34.5 Å². The fourth-order valence-electron chi connectivity index (χ4n) is 1.96. The Morgan fingerprint density at radius 3 is 2.71 bits per heavy atom. The molecule has 0 aliphatic rings. The maximum absolute atomic E-state index is 12.3. The zero-order valence-corrected chi connectivity index (χ0v) is 14.5. The number of hydrogen-bond acceptors (Lipinski definition) is 4. The van der Waals surface area contributed by atoms with Crippen LogP contribution in [0.15, 0.2) is 45.6 Å². The quantitative estimate of drug-likeness (QED) is 0.572. The van der Waals surface area contributed by atoms with Crippen LogP contribution in [0.3, 0.4) is 0 Å². The number of thiophene rings is 1. The second kappa shape index (κ2) is 6.22. The molecule has 106 valence electrons. The molecule has 0 atom stereocenters. The predicted molar refractivity (Wildman–Crippen MR) is 92.3 cm³/mol. The van der Waals surface area contributed by atoms with Crippen LogP contribution in [-0.4, -0.2) is 10.8 Å². The number of ketones is 1. The van der Waals surface area contributed by atoms with Gasteiger partial charge < -0.3 is 0 Å². The van der Waals surface area contributed by atoms with E-state index in [1.165, 1.54) is 22.7 Å². The number of carbonyl (C=O) groups excluding carboxylic acids is 1. The summed E-state index contributed by atoms with van der Waals surface area (Å²) in [4.78, 5) is 17.6. The Kier molecular flexibility index (Phi) is 4.33. The average Bonchev–Trinajstić information content (AvgIpc) is 3.08. The highest BCUT2D eigenvalue weighted by atomic mass is 79.9. The number of carbonyl (C=O) groups is 1. The van der Waals surface area contributed by atoms with Gasteiger partial charge in [-0.25, -0.2) is 4.98 Å². The molecule has 0 saturated carbocycles. The second-order valence-corrected chi connectivity index (χ2v) is 7.97. The lowest BCUT2D eigenvalue weighted by molar-refractivity contribution is 0.0997. The molecular weight excluding hydrogens is 366 g/mol. The minimum Gasteiger partial charge on any atom is -0.293 e. The molecule has 0 fully saturated rings. The average molecular weight is 378 g/mol. The van der Waals surface area contributed by atoms with Crippen LogP contribution in [-0.2, 0) is 6.42 Å². The van der Waals surface area contributed by atoms with Crippen molar-refractivity contribution in [2.45, 2.75) is 13.3 Å². The Morgan fingerprint density at radius 1 is 1.29 bits per heavy atom. The molecule has 3 rings (SSSR count). The van der Waals surface area contributed by atoms with Crippen LogP contribution in [0.2, 0.25) is 0 Å². The highest BCUT2D eigenvalue weighted by molar-refractivity contribution is 9.11. The number of Topliss-reactive ketones (excluding diaryl/α,β-unsaturated/α-hetero) is 1. The van der Waals surface area contributed by atoms with Gasteiger partial charge in [0.05, 0.1) is 20.8 Å². The first-order valence-corrected chi connectivity index (χ1v) is 8.91. The van der Waals surface area contributed by atoms with Crippen LogP contribution >= 0.6 is 38.6 Å². The van der Waals surface area contributed by atoms with Crippen molar-refractivity contribution >= 4 is 44.4 Å². The second-order valence-electron chi connectivity index (χ2n) is 4.66. The number of hydrogen-bond donors (Lipinski definition) is 0. The van der Waals surface area contributed by atoms with E-state index < -0.39 is 0 Å². The Labute approximate surface area is 139 Å². The minimum absolute atomic E-state index is 0.128. The summed E-state index contributed by atoms with van der Waals surface area (Å²) in [5.74, 6) is 0.128. The van der Waals surface area contributed by atoms with Crippen molar-refractivity contribution in [3.8, 4) is 11.3 Å². The SMILES string of the molecule is Cc1cc(C(=O)Cc2nc(-c3ccccc3)cs2)sc1Br. The molecule has 1 aromatic carbocycles. The van der Waals surface area contributed by atoms with Crippen LogP contribution < -0.4 is 0 Å². The molecule has 0 N–H and O–H groups in total. The van der Waals surface area contributed by atoms with Crippen LogP contribution in [0, 0.1) is 6.92 Å². The third-order valence-electron chi connectivity index (χ3n) is 3.07. The zero-order chi connectivity index (χ0) is 14.8. The molecule has 3 aromatic rings. The molecule has 2 aromatic heterocycles. The smallest absolute Gasteiger partial charge is 0.179 e. The van der Waals surface area contributed by atoms with E-state index in [0.29, 0.717) is 6.42 Å².